The Bertz CT molecular complexity index is 6850. The first kappa shape index (κ1) is 73.8. The van der Waals surface area contributed by atoms with Crippen LogP contribution in [0.5, 0.6) is 46.0 Å². The molecule has 0 unspecified atom stereocenters. The molecule has 24 rings (SSSR count). The van der Waals surface area contributed by atoms with E-state index in [1.807, 2.05) is 12.3 Å². The highest BCUT2D eigenvalue weighted by molar-refractivity contribution is 7.05. The molecule has 1 aromatic heterocycles. The van der Waals surface area contributed by atoms with E-state index in [0.29, 0.717) is 11.5 Å². The SMILES string of the molecule is CC(C)(C)c1cc(-c2ccccc2)c(N2c3cc(-c4ccccn4)cc4c3B(c3c2cc2c5c3Oc3cc(-c6ccccc6)ccc3B5c3ccc(-c5ccccc5)cc3O2)c2c(cc3c5c2Oc2cc(-c6ccccc6)ccc2B5c2ccc(-c5ccccc5)cc2O3)N4c2c(-c3ccccc3)cc(C(C)(C)C)cc2-c2ccccc2)c(-c2ccccc2)c1. The van der Waals surface area contributed by atoms with Gasteiger partial charge in [-0.2, -0.15) is 0 Å². The monoisotopic (exact) mass is 1600 g/mol. The fourth-order valence-electron chi connectivity index (χ4n) is 20.4. The summed E-state index contributed by atoms with van der Waals surface area (Å²) in [5.41, 5.74) is 35.1. The van der Waals surface area contributed by atoms with Gasteiger partial charge in [0, 0.05) is 79.8 Å². The van der Waals surface area contributed by atoms with Crippen LogP contribution in [0, 0.1) is 0 Å². The Labute approximate surface area is 730 Å². The summed E-state index contributed by atoms with van der Waals surface area (Å²) in [5, 5.41) is 0. The summed E-state index contributed by atoms with van der Waals surface area (Å²) < 4.78 is 32.8. The molecular weight excluding hydrogens is 1520 g/mol. The van der Waals surface area contributed by atoms with Gasteiger partial charge in [-0.05, 0) is 200 Å². The predicted octanol–water partition coefficient (Wildman–Crippen LogP) is 24.2. The minimum atomic E-state index is -0.706. The standard InChI is InChI=1S/C115H82B3N3O4/c1-114(2,3)84-65-86(75-41-23-11-24-42-75)110(87(66-84)76-43-25-12-26-44-76)120-95-59-83(94-49-31-32-58-119-94)60-96-105(95)118(106-97(120)69-103-108-112(106)124-101-63-81(73-37-19-9-20-38-73)52-56-92(101)116(108)90-54-50-79(61-99(90)122-103)71-33-15-7-16-34-71)107-98(121(96)111-88(77-45-27-13-28-46-77)67-85(115(4,5)6)68-89(111)78-47-29-14-30-48-78)70-104-109-113(107)125-102-64-82(74-39-21-10-22-40-74)53-57-93(102)117(109)91-55-51-80(62-100(91)123-104)72-35-17-8-18-36-72/h7-70H,1-6H3. The van der Waals surface area contributed by atoms with Crippen molar-refractivity contribution in [2.45, 2.75) is 52.4 Å². The lowest BCUT2D eigenvalue weighted by Crippen LogP contribution is -2.66. The van der Waals surface area contributed by atoms with E-state index in [1.165, 1.54) is 11.1 Å². The second kappa shape index (κ2) is 28.8. The van der Waals surface area contributed by atoms with Crippen molar-refractivity contribution in [1.29, 1.82) is 0 Å². The fraction of sp³-hybridized carbons (Fsp3) is 0.0696. The Morgan fingerprint density at radius 1 is 0.224 bits per heavy atom. The molecule has 17 aromatic carbocycles. The number of hydrogen-bond donors (Lipinski definition) is 0. The Balaban J connectivity index is 0.910. The van der Waals surface area contributed by atoms with E-state index >= 15 is 0 Å². The van der Waals surface area contributed by atoms with Crippen LogP contribution in [-0.2, 0) is 10.8 Å². The zero-order valence-corrected chi connectivity index (χ0v) is 70.2. The van der Waals surface area contributed by atoms with Crippen molar-refractivity contribution in [2.24, 2.45) is 0 Å². The van der Waals surface area contributed by atoms with E-state index in [9.17, 15) is 0 Å². The molecule has 6 aliphatic rings. The van der Waals surface area contributed by atoms with Crippen molar-refractivity contribution in [1.82, 2.24) is 4.98 Å². The normalized spacial score (nSPS) is 13.2. The predicted molar refractivity (Wildman–Crippen MR) is 520 cm³/mol. The van der Waals surface area contributed by atoms with E-state index in [1.54, 1.807) is 0 Å². The number of nitrogens with zero attached hydrogens (tertiary/aromatic N) is 3. The first-order valence-corrected chi connectivity index (χ1v) is 43.4. The zero-order chi connectivity index (χ0) is 83.5. The van der Waals surface area contributed by atoms with Gasteiger partial charge in [0.15, 0.2) is 0 Å². The van der Waals surface area contributed by atoms with Gasteiger partial charge in [-0.25, -0.2) is 0 Å². The average molecular weight is 1600 g/mol. The second-order valence-electron chi connectivity index (χ2n) is 35.9. The van der Waals surface area contributed by atoms with Crippen LogP contribution in [0.2, 0.25) is 0 Å². The topological polar surface area (TPSA) is 56.3 Å². The number of aromatic nitrogens is 1. The van der Waals surface area contributed by atoms with Crippen molar-refractivity contribution in [3.05, 3.63) is 400 Å². The van der Waals surface area contributed by atoms with Gasteiger partial charge in [0.25, 0.3) is 20.1 Å². The molecule has 0 amide bonds. The van der Waals surface area contributed by atoms with Crippen molar-refractivity contribution in [3.8, 4) is 146 Å². The average Bonchev–Trinajstić information content (AvgIpc) is 0.666. The Morgan fingerprint density at radius 3 is 0.792 bits per heavy atom. The van der Waals surface area contributed by atoms with E-state index in [-0.39, 0.29) is 24.3 Å². The summed E-state index contributed by atoms with van der Waals surface area (Å²) in [7, 11) is 0. The van der Waals surface area contributed by atoms with Crippen LogP contribution in [-0.4, -0.2) is 25.1 Å². The van der Waals surface area contributed by atoms with Crippen molar-refractivity contribution < 1.29 is 18.9 Å². The number of ether oxygens (including phenoxy) is 4. The van der Waals surface area contributed by atoms with Crippen LogP contribution in [0.25, 0.3) is 100 Å². The fourth-order valence-corrected chi connectivity index (χ4v) is 20.4. The summed E-state index contributed by atoms with van der Waals surface area (Å²) in [6.45, 7) is 12.5. The molecule has 0 saturated heterocycles. The molecule has 18 aromatic rings. The summed E-state index contributed by atoms with van der Waals surface area (Å²) >= 11 is 0. The van der Waals surface area contributed by atoms with Crippen LogP contribution in [0.15, 0.2) is 388 Å². The molecule has 0 aliphatic carbocycles. The van der Waals surface area contributed by atoms with Gasteiger partial charge in [-0.3, -0.25) is 4.98 Å². The van der Waals surface area contributed by atoms with E-state index in [2.05, 4.69) is 427 Å². The summed E-state index contributed by atoms with van der Waals surface area (Å²) in [5.74, 6) is 5.91. The molecule has 6 aliphatic heterocycles. The Kier molecular flexibility index (Phi) is 17.0. The Hall–Kier alpha value is -15.1. The quantitative estimate of drug-likeness (QED) is 0.120. The third-order valence-electron chi connectivity index (χ3n) is 26.4. The maximum Gasteiger partial charge on any atom is 0.261 e. The van der Waals surface area contributed by atoms with Crippen molar-refractivity contribution >= 4 is 103 Å². The molecule has 0 N–H and O–H groups in total. The molecule has 0 radical (unpaired) electrons. The molecule has 0 atom stereocenters. The van der Waals surface area contributed by atoms with Gasteiger partial charge >= 0.3 is 0 Å². The van der Waals surface area contributed by atoms with Gasteiger partial charge in [-0.15, -0.1) is 0 Å². The number of rotatable bonds is 11. The minimum Gasteiger partial charge on any atom is -0.459 e. The van der Waals surface area contributed by atoms with Crippen LogP contribution < -0.4 is 77.9 Å². The van der Waals surface area contributed by atoms with Gasteiger partial charge < -0.3 is 28.7 Å². The zero-order valence-electron chi connectivity index (χ0n) is 70.2. The van der Waals surface area contributed by atoms with E-state index < -0.39 is 6.71 Å². The lowest BCUT2D eigenvalue weighted by molar-refractivity contribution is 0.467. The molecule has 0 saturated carbocycles. The highest BCUT2D eigenvalue weighted by Gasteiger charge is 2.55. The number of hydrogen-bond acceptors (Lipinski definition) is 7. The number of pyridine rings is 1. The maximum absolute atomic E-state index is 8.44. The smallest absolute Gasteiger partial charge is 0.261 e. The molecule has 0 bridgehead atoms. The molecule has 7 nitrogen and oxygen atoms in total. The Morgan fingerprint density at radius 2 is 0.504 bits per heavy atom. The lowest BCUT2D eigenvalue weighted by atomic mass is 9.28. The molecule has 0 fully saturated rings. The molecule has 125 heavy (non-hydrogen) atoms. The highest BCUT2D eigenvalue weighted by Crippen LogP contribution is 2.58. The molecular formula is C115H82B3N3O4. The van der Waals surface area contributed by atoms with Crippen LogP contribution in [0.1, 0.15) is 52.7 Å². The molecule has 590 valence electrons. The van der Waals surface area contributed by atoms with Gasteiger partial charge in [0.05, 0.1) is 17.1 Å². The van der Waals surface area contributed by atoms with Crippen molar-refractivity contribution in [3.63, 3.8) is 0 Å². The third-order valence-corrected chi connectivity index (χ3v) is 26.4. The molecule has 0 spiro atoms. The summed E-state index contributed by atoms with van der Waals surface area (Å²) in [6, 6.07) is 140. The van der Waals surface area contributed by atoms with E-state index in [4.69, 9.17) is 23.9 Å². The van der Waals surface area contributed by atoms with Gasteiger partial charge in [0.2, 0.25) is 0 Å². The largest absolute Gasteiger partial charge is 0.459 e. The third kappa shape index (κ3) is 12.1. The first-order valence-electron chi connectivity index (χ1n) is 43.4. The van der Waals surface area contributed by atoms with Crippen molar-refractivity contribution in [2.75, 3.05) is 9.80 Å². The van der Waals surface area contributed by atoms with Crippen LogP contribution in [0.4, 0.5) is 34.1 Å². The van der Waals surface area contributed by atoms with Gasteiger partial charge in [0.1, 0.15) is 46.0 Å². The highest BCUT2D eigenvalue weighted by atomic mass is 16.5. The molecule has 10 heteroatoms. The number of benzene rings is 17. The van der Waals surface area contributed by atoms with Crippen LogP contribution >= 0.6 is 0 Å². The summed E-state index contributed by atoms with van der Waals surface area (Å²) in [6.07, 6.45) is 1.93. The maximum atomic E-state index is 8.44. The number of anilines is 6. The van der Waals surface area contributed by atoms with Crippen LogP contribution in [0.3, 0.4) is 0 Å². The minimum absolute atomic E-state index is 0.306. The van der Waals surface area contributed by atoms with Gasteiger partial charge in [-0.1, -0.05) is 339 Å². The second-order valence-corrected chi connectivity index (χ2v) is 35.9. The number of fused-ring (bicyclic) bond motifs is 14. The lowest BCUT2D eigenvalue weighted by Gasteiger charge is -2.48. The first-order chi connectivity index (χ1) is 61.3. The molecule has 7 heterocycles. The van der Waals surface area contributed by atoms with E-state index in [0.717, 1.165) is 218 Å². The summed E-state index contributed by atoms with van der Waals surface area (Å²) in [4.78, 5) is 10.7.